The lowest BCUT2D eigenvalue weighted by Gasteiger charge is -2.19. The number of nitrogens with one attached hydrogen (secondary N) is 1. The highest BCUT2D eigenvalue weighted by atomic mass is 19.2. The van der Waals surface area contributed by atoms with Gasteiger partial charge >= 0.3 is 0 Å². The summed E-state index contributed by atoms with van der Waals surface area (Å²) >= 11 is 0. The van der Waals surface area contributed by atoms with Crippen LogP contribution in [0.15, 0.2) is 30.6 Å². The number of halogens is 2. The van der Waals surface area contributed by atoms with Crippen molar-refractivity contribution in [3.63, 3.8) is 0 Å². The first kappa shape index (κ1) is 18.1. The first-order chi connectivity index (χ1) is 13.9. The fourth-order valence-corrected chi connectivity index (χ4v) is 5.03. The number of benzene rings is 1. The lowest BCUT2D eigenvalue weighted by molar-refractivity contribution is -0.120. The van der Waals surface area contributed by atoms with Gasteiger partial charge in [0.25, 0.3) is 0 Å². The van der Waals surface area contributed by atoms with Crippen LogP contribution in [0.5, 0.6) is 0 Å². The van der Waals surface area contributed by atoms with Crippen LogP contribution in [0.4, 0.5) is 14.6 Å². The Balaban J connectivity index is 1.25. The minimum atomic E-state index is -0.879. The number of rotatable bonds is 4. The van der Waals surface area contributed by atoms with Crippen LogP contribution >= 0.6 is 0 Å². The van der Waals surface area contributed by atoms with Gasteiger partial charge in [-0.15, -0.1) is 5.10 Å². The minimum absolute atomic E-state index is 0.0373. The molecule has 8 heteroatoms. The second-order valence-corrected chi connectivity index (χ2v) is 8.28. The van der Waals surface area contributed by atoms with E-state index in [0.717, 1.165) is 24.6 Å². The normalized spacial score (nSPS) is 26.3. The van der Waals surface area contributed by atoms with Crippen molar-refractivity contribution in [1.82, 2.24) is 19.7 Å². The van der Waals surface area contributed by atoms with Crippen molar-refractivity contribution in [3.8, 4) is 0 Å². The molecule has 2 heterocycles. The average molecular weight is 397 g/mol. The van der Waals surface area contributed by atoms with Gasteiger partial charge in [-0.1, -0.05) is 6.92 Å². The van der Waals surface area contributed by atoms with Crippen molar-refractivity contribution < 1.29 is 13.6 Å². The Hall–Kier alpha value is -2.90. The van der Waals surface area contributed by atoms with Gasteiger partial charge in [-0.25, -0.2) is 13.8 Å². The summed E-state index contributed by atoms with van der Waals surface area (Å²) in [7, 11) is 0. The molecule has 1 aromatic carbocycles. The van der Waals surface area contributed by atoms with Crippen molar-refractivity contribution in [3.05, 3.63) is 47.9 Å². The molecule has 0 spiro atoms. The van der Waals surface area contributed by atoms with Gasteiger partial charge in [0, 0.05) is 24.1 Å². The molecular weight excluding hydrogens is 376 g/mol. The number of aromatic nitrogens is 4. The molecule has 5 atom stereocenters. The molecule has 5 rings (SSSR count). The molecule has 3 unspecified atom stereocenters. The van der Waals surface area contributed by atoms with E-state index in [1.54, 1.807) is 12.4 Å². The molecular formula is C21H21F2N5O. The number of amides is 1. The number of imidazole rings is 1. The van der Waals surface area contributed by atoms with E-state index in [2.05, 4.69) is 20.5 Å². The largest absolute Gasteiger partial charge is 0.327 e. The van der Waals surface area contributed by atoms with Crippen LogP contribution in [0.2, 0.25) is 0 Å². The van der Waals surface area contributed by atoms with E-state index in [1.165, 1.54) is 6.07 Å². The lowest BCUT2D eigenvalue weighted by atomic mass is 9.96. The maximum atomic E-state index is 13.7. The highest BCUT2D eigenvalue weighted by molar-refractivity contribution is 5.91. The number of aryl methyl sites for hydroxylation is 1. The molecule has 1 N–H and O–H groups in total. The van der Waals surface area contributed by atoms with Crippen molar-refractivity contribution >= 4 is 22.8 Å². The molecule has 2 fully saturated rings. The summed E-state index contributed by atoms with van der Waals surface area (Å²) in [5.74, 6) is -0.145. The molecule has 2 aromatic heterocycles. The number of hydrogen-bond acceptors (Lipinski definition) is 4. The van der Waals surface area contributed by atoms with Gasteiger partial charge < -0.3 is 9.88 Å². The quantitative estimate of drug-likeness (QED) is 0.725. The second kappa shape index (κ2) is 6.57. The third-order valence-corrected chi connectivity index (χ3v) is 6.54. The maximum absolute atomic E-state index is 13.7. The predicted octanol–water partition coefficient (Wildman–Crippen LogP) is 3.88. The number of carbonyl (C=O) groups is 1. The Bertz CT molecular complexity index is 1080. The SMILES string of the molecule is Cc1ccc(NC(=O)C(C)C2[C@H]3CC(n4cnc5cc(F)c(F)cc54)C[C@@H]23)nn1. The van der Waals surface area contributed by atoms with Crippen LogP contribution in [-0.4, -0.2) is 25.7 Å². The van der Waals surface area contributed by atoms with E-state index in [-0.39, 0.29) is 17.9 Å². The molecule has 1 amide bonds. The third kappa shape index (κ3) is 3.07. The summed E-state index contributed by atoms with van der Waals surface area (Å²) in [6.45, 7) is 3.80. The van der Waals surface area contributed by atoms with E-state index in [1.807, 2.05) is 24.5 Å². The van der Waals surface area contributed by atoms with Crippen LogP contribution in [0.1, 0.15) is 31.5 Å². The number of hydrogen-bond donors (Lipinski definition) is 1. The summed E-state index contributed by atoms with van der Waals surface area (Å²) in [6, 6.07) is 6.13. The van der Waals surface area contributed by atoms with E-state index in [4.69, 9.17) is 0 Å². The van der Waals surface area contributed by atoms with Crippen LogP contribution in [0.25, 0.3) is 11.0 Å². The monoisotopic (exact) mass is 397 g/mol. The summed E-state index contributed by atoms with van der Waals surface area (Å²) in [4.78, 5) is 16.8. The van der Waals surface area contributed by atoms with Crippen molar-refractivity contribution in [2.45, 2.75) is 32.7 Å². The van der Waals surface area contributed by atoms with Crippen molar-refractivity contribution in [2.24, 2.45) is 23.7 Å². The average Bonchev–Trinajstić information content (AvgIpc) is 3.02. The van der Waals surface area contributed by atoms with Crippen molar-refractivity contribution in [1.29, 1.82) is 0 Å². The van der Waals surface area contributed by atoms with Crippen LogP contribution < -0.4 is 5.32 Å². The van der Waals surface area contributed by atoms with Gasteiger partial charge in [0.2, 0.25) is 5.91 Å². The number of fused-ring (bicyclic) bond motifs is 2. The highest BCUT2D eigenvalue weighted by Gasteiger charge is 2.59. The van der Waals surface area contributed by atoms with Gasteiger partial charge in [-0.2, -0.15) is 5.10 Å². The van der Waals surface area contributed by atoms with Crippen LogP contribution in [-0.2, 0) is 4.79 Å². The van der Waals surface area contributed by atoms with E-state index < -0.39 is 11.6 Å². The highest BCUT2D eigenvalue weighted by Crippen LogP contribution is 2.64. The Morgan fingerprint density at radius 2 is 1.90 bits per heavy atom. The molecule has 29 heavy (non-hydrogen) atoms. The predicted molar refractivity (Wildman–Crippen MR) is 103 cm³/mol. The summed E-state index contributed by atoms with van der Waals surface area (Å²) in [5.41, 5.74) is 1.89. The zero-order valence-electron chi connectivity index (χ0n) is 16.1. The molecule has 2 saturated carbocycles. The van der Waals surface area contributed by atoms with Crippen LogP contribution in [0, 0.1) is 42.2 Å². The Labute approximate surface area is 166 Å². The standard InChI is InChI=1S/C21H21F2N5O/c1-10-3-4-19(27-26-10)25-21(29)11(2)20-13-5-12(6-14(13)20)28-9-24-17-7-15(22)16(23)8-18(17)28/h3-4,7-9,11-14,20H,5-6H2,1-2H3,(H,25,27,29)/t11?,12?,13-,14+,20?. The third-order valence-electron chi connectivity index (χ3n) is 6.54. The maximum Gasteiger partial charge on any atom is 0.228 e. The van der Waals surface area contributed by atoms with Gasteiger partial charge in [-0.05, 0) is 49.7 Å². The van der Waals surface area contributed by atoms with E-state index in [0.29, 0.717) is 34.6 Å². The fraction of sp³-hybridized carbons (Fsp3) is 0.429. The van der Waals surface area contributed by atoms with E-state index in [9.17, 15) is 13.6 Å². The first-order valence-electron chi connectivity index (χ1n) is 9.85. The first-order valence-corrected chi connectivity index (χ1v) is 9.85. The number of carbonyl (C=O) groups excluding carboxylic acids is 1. The van der Waals surface area contributed by atoms with Crippen LogP contribution in [0.3, 0.4) is 0 Å². The van der Waals surface area contributed by atoms with E-state index >= 15 is 0 Å². The molecule has 6 nitrogen and oxygen atoms in total. The molecule has 0 radical (unpaired) electrons. The molecule has 2 aliphatic rings. The van der Waals surface area contributed by atoms with Gasteiger partial charge in [0.05, 0.1) is 23.1 Å². The Morgan fingerprint density at radius 3 is 2.59 bits per heavy atom. The van der Waals surface area contributed by atoms with Crippen molar-refractivity contribution in [2.75, 3.05) is 5.32 Å². The molecule has 150 valence electrons. The summed E-state index contributed by atoms with van der Waals surface area (Å²) in [5, 5.41) is 10.8. The number of nitrogens with zero attached hydrogens (tertiary/aromatic N) is 4. The molecule has 0 saturated heterocycles. The zero-order valence-corrected chi connectivity index (χ0v) is 16.1. The molecule has 0 aliphatic heterocycles. The lowest BCUT2D eigenvalue weighted by Crippen LogP contribution is -2.25. The van der Waals surface area contributed by atoms with Gasteiger partial charge in [0.15, 0.2) is 17.5 Å². The zero-order chi connectivity index (χ0) is 20.3. The smallest absolute Gasteiger partial charge is 0.228 e. The fourth-order valence-electron chi connectivity index (χ4n) is 5.03. The Morgan fingerprint density at radius 1 is 1.17 bits per heavy atom. The summed E-state index contributed by atoms with van der Waals surface area (Å²) in [6.07, 6.45) is 3.50. The van der Waals surface area contributed by atoms with Gasteiger partial charge in [0.1, 0.15) is 0 Å². The molecule has 2 aliphatic carbocycles. The number of anilines is 1. The summed E-state index contributed by atoms with van der Waals surface area (Å²) < 4.78 is 29.0. The topological polar surface area (TPSA) is 72.7 Å². The van der Waals surface area contributed by atoms with Gasteiger partial charge in [-0.3, -0.25) is 4.79 Å². The minimum Gasteiger partial charge on any atom is -0.327 e. The second-order valence-electron chi connectivity index (χ2n) is 8.28. The molecule has 3 aromatic rings. The molecule has 0 bridgehead atoms. The Kier molecular flexibility index (Phi) is 4.11.